The van der Waals surface area contributed by atoms with Crippen LogP contribution in [0.4, 0.5) is 5.69 Å². The minimum Gasteiger partial charge on any atom is -0.337 e. The van der Waals surface area contributed by atoms with Gasteiger partial charge in [0.25, 0.3) is 11.8 Å². The van der Waals surface area contributed by atoms with E-state index in [4.69, 9.17) is 0 Å². The van der Waals surface area contributed by atoms with Gasteiger partial charge >= 0.3 is 0 Å². The van der Waals surface area contributed by atoms with Crippen molar-refractivity contribution < 1.29 is 9.59 Å². The second-order valence-electron chi connectivity index (χ2n) is 7.33. The maximum Gasteiger partial charge on any atom is 0.272 e. The Hall–Kier alpha value is -2.69. The molecule has 142 valence electrons. The lowest BCUT2D eigenvalue weighted by molar-refractivity contribution is 0.0755. The number of amides is 2. The predicted octanol–water partition coefficient (Wildman–Crippen LogP) is 4.47. The van der Waals surface area contributed by atoms with Crippen molar-refractivity contribution in [2.75, 3.05) is 18.4 Å². The van der Waals surface area contributed by atoms with E-state index in [9.17, 15) is 9.59 Å². The van der Waals surface area contributed by atoms with Gasteiger partial charge in [-0.25, -0.2) is 0 Å². The van der Waals surface area contributed by atoms with E-state index in [1.165, 1.54) is 6.20 Å². The Morgan fingerprint density at radius 1 is 1.04 bits per heavy atom. The van der Waals surface area contributed by atoms with Crippen molar-refractivity contribution in [3.05, 3.63) is 59.4 Å². The summed E-state index contributed by atoms with van der Waals surface area (Å²) in [6.45, 7) is 5.71. The molecule has 2 aromatic rings. The van der Waals surface area contributed by atoms with Crippen LogP contribution in [0.1, 0.15) is 71.9 Å². The molecule has 5 heteroatoms. The molecule has 1 fully saturated rings. The maximum absolute atomic E-state index is 12.8. The predicted molar refractivity (Wildman–Crippen MR) is 107 cm³/mol. The summed E-state index contributed by atoms with van der Waals surface area (Å²) in [6, 6.07) is 11.0. The van der Waals surface area contributed by atoms with Crippen LogP contribution in [0.25, 0.3) is 0 Å². The van der Waals surface area contributed by atoms with Gasteiger partial charge in [-0.3, -0.25) is 14.6 Å². The van der Waals surface area contributed by atoms with E-state index in [2.05, 4.69) is 24.1 Å². The number of aromatic nitrogens is 1. The van der Waals surface area contributed by atoms with E-state index in [0.717, 1.165) is 50.0 Å². The van der Waals surface area contributed by atoms with E-state index in [1.54, 1.807) is 12.1 Å². The Labute approximate surface area is 160 Å². The highest BCUT2D eigenvalue weighted by Gasteiger charge is 2.20. The molecule has 0 radical (unpaired) electrons. The Kier molecular flexibility index (Phi) is 6.22. The summed E-state index contributed by atoms with van der Waals surface area (Å²) in [5.41, 5.74) is 2.67. The number of nitrogens with one attached hydrogen (secondary N) is 1. The fraction of sp³-hybridized carbons (Fsp3) is 0.409. The second-order valence-corrected chi connectivity index (χ2v) is 7.33. The van der Waals surface area contributed by atoms with E-state index in [1.807, 2.05) is 29.2 Å². The molecule has 1 aromatic heterocycles. The molecule has 5 nitrogen and oxygen atoms in total. The molecule has 1 saturated heterocycles. The average molecular weight is 365 g/mol. The third-order valence-corrected chi connectivity index (χ3v) is 4.97. The molecule has 1 aliphatic heterocycles. The first-order valence-electron chi connectivity index (χ1n) is 9.72. The Balaban J connectivity index is 1.77. The number of hydrogen-bond donors (Lipinski definition) is 1. The molecule has 0 saturated carbocycles. The minimum atomic E-state index is -0.226. The minimum absolute atomic E-state index is 0.0888. The second kappa shape index (κ2) is 8.80. The van der Waals surface area contributed by atoms with Gasteiger partial charge in [-0.1, -0.05) is 44.9 Å². The fourth-order valence-electron chi connectivity index (χ4n) is 3.43. The van der Waals surface area contributed by atoms with Crippen LogP contribution < -0.4 is 5.32 Å². The van der Waals surface area contributed by atoms with Gasteiger partial charge in [0.2, 0.25) is 0 Å². The number of likely N-dealkylation sites (tertiary alicyclic amines) is 1. The molecule has 2 heterocycles. The van der Waals surface area contributed by atoms with Crippen molar-refractivity contribution >= 4 is 17.5 Å². The zero-order chi connectivity index (χ0) is 19.2. The standard InChI is InChI=1S/C22H27N3O2/c1-16(2)18-9-5-6-10-19(18)24-21(26)17-11-12-23-20(15-17)22(27)25-13-7-3-4-8-14-25/h5-6,9-12,15-16H,3-4,7-8,13-14H2,1-2H3,(H,24,26). The smallest absolute Gasteiger partial charge is 0.272 e. The fourth-order valence-corrected chi connectivity index (χ4v) is 3.43. The first-order chi connectivity index (χ1) is 13.1. The monoisotopic (exact) mass is 365 g/mol. The summed E-state index contributed by atoms with van der Waals surface area (Å²) in [5, 5.41) is 2.97. The van der Waals surface area contributed by atoms with Gasteiger partial charge in [0.1, 0.15) is 5.69 Å². The molecule has 0 spiro atoms. The van der Waals surface area contributed by atoms with Crippen molar-refractivity contribution in [1.82, 2.24) is 9.88 Å². The molecular weight excluding hydrogens is 338 g/mol. The van der Waals surface area contributed by atoms with Gasteiger partial charge in [-0.15, -0.1) is 0 Å². The number of carbonyl (C=O) groups excluding carboxylic acids is 2. The van der Waals surface area contributed by atoms with Gasteiger partial charge in [-0.2, -0.15) is 0 Å². The SMILES string of the molecule is CC(C)c1ccccc1NC(=O)c1ccnc(C(=O)N2CCCCCC2)c1. The molecule has 2 amide bonds. The molecule has 1 N–H and O–H groups in total. The first kappa shape index (κ1) is 19.1. The van der Waals surface area contributed by atoms with Gasteiger partial charge in [0, 0.05) is 30.5 Å². The van der Waals surface area contributed by atoms with Crippen LogP contribution in [0.5, 0.6) is 0 Å². The lowest BCUT2D eigenvalue weighted by atomic mass is 10.0. The van der Waals surface area contributed by atoms with E-state index >= 15 is 0 Å². The quantitative estimate of drug-likeness (QED) is 0.869. The Morgan fingerprint density at radius 2 is 1.74 bits per heavy atom. The van der Waals surface area contributed by atoms with Crippen molar-refractivity contribution in [2.24, 2.45) is 0 Å². The van der Waals surface area contributed by atoms with E-state index in [0.29, 0.717) is 17.2 Å². The van der Waals surface area contributed by atoms with Gasteiger partial charge < -0.3 is 10.2 Å². The van der Waals surface area contributed by atoms with Crippen molar-refractivity contribution in [3.8, 4) is 0 Å². The average Bonchev–Trinajstić information content (AvgIpc) is 2.97. The molecule has 0 atom stereocenters. The van der Waals surface area contributed by atoms with Crippen LogP contribution in [-0.2, 0) is 0 Å². The summed E-state index contributed by atoms with van der Waals surface area (Å²) < 4.78 is 0. The summed E-state index contributed by atoms with van der Waals surface area (Å²) >= 11 is 0. The summed E-state index contributed by atoms with van der Waals surface area (Å²) in [7, 11) is 0. The number of pyridine rings is 1. The van der Waals surface area contributed by atoms with Crippen molar-refractivity contribution in [1.29, 1.82) is 0 Å². The van der Waals surface area contributed by atoms with Gasteiger partial charge in [0.15, 0.2) is 0 Å². The third-order valence-electron chi connectivity index (χ3n) is 4.97. The lowest BCUT2D eigenvalue weighted by Crippen LogP contribution is -2.32. The molecule has 3 rings (SSSR count). The number of nitrogens with zero attached hydrogens (tertiary/aromatic N) is 2. The van der Waals surface area contributed by atoms with Crippen LogP contribution in [-0.4, -0.2) is 34.8 Å². The third kappa shape index (κ3) is 4.73. The number of benzene rings is 1. The summed E-state index contributed by atoms with van der Waals surface area (Å²) in [5.74, 6) is -0.0105. The van der Waals surface area contributed by atoms with Crippen LogP contribution in [0.15, 0.2) is 42.6 Å². The highest BCUT2D eigenvalue weighted by molar-refractivity contribution is 6.06. The zero-order valence-corrected chi connectivity index (χ0v) is 16.1. The number of rotatable bonds is 4. The van der Waals surface area contributed by atoms with Gasteiger partial charge in [-0.05, 0) is 42.5 Å². The van der Waals surface area contributed by atoms with Crippen molar-refractivity contribution in [2.45, 2.75) is 45.4 Å². The highest BCUT2D eigenvalue weighted by Crippen LogP contribution is 2.24. The molecule has 1 aliphatic rings. The molecule has 0 bridgehead atoms. The zero-order valence-electron chi connectivity index (χ0n) is 16.1. The van der Waals surface area contributed by atoms with E-state index < -0.39 is 0 Å². The maximum atomic E-state index is 12.8. The lowest BCUT2D eigenvalue weighted by Gasteiger charge is -2.20. The van der Waals surface area contributed by atoms with Crippen LogP contribution >= 0.6 is 0 Å². The van der Waals surface area contributed by atoms with E-state index in [-0.39, 0.29) is 11.8 Å². The molecular formula is C22H27N3O2. The molecule has 1 aromatic carbocycles. The molecule has 27 heavy (non-hydrogen) atoms. The number of hydrogen-bond acceptors (Lipinski definition) is 3. The Bertz CT molecular complexity index is 809. The number of para-hydroxylation sites is 1. The van der Waals surface area contributed by atoms with Gasteiger partial charge in [0.05, 0.1) is 0 Å². The molecule has 0 unspecified atom stereocenters. The molecule has 0 aliphatic carbocycles. The normalized spacial score (nSPS) is 14.7. The summed E-state index contributed by atoms with van der Waals surface area (Å²) in [4.78, 5) is 31.6. The van der Waals surface area contributed by atoms with Crippen LogP contribution in [0.2, 0.25) is 0 Å². The Morgan fingerprint density at radius 3 is 2.44 bits per heavy atom. The van der Waals surface area contributed by atoms with Crippen LogP contribution in [0, 0.1) is 0 Å². The number of carbonyl (C=O) groups is 2. The van der Waals surface area contributed by atoms with Crippen LogP contribution in [0.3, 0.4) is 0 Å². The topological polar surface area (TPSA) is 62.3 Å². The highest BCUT2D eigenvalue weighted by atomic mass is 16.2. The van der Waals surface area contributed by atoms with Crippen molar-refractivity contribution in [3.63, 3.8) is 0 Å². The first-order valence-corrected chi connectivity index (χ1v) is 9.72. The largest absolute Gasteiger partial charge is 0.337 e. The summed E-state index contributed by atoms with van der Waals surface area (Å²) in [6.07, 6.45) is 5.91. The number of anilines is 1.